The number of nitrogens with one attached hydrogen (secondary N) is 3. The molecule has 2 aromatic heterocycles. The molecule has 0 atom stereocenters. The Kier molecular flexibility index (Phi) is 6.58. The van der Waals surface area contributed by atoms with Crippen LogP contribution in [-0.4, -0.2) is 65.1 Å². The quantitative estimate of drug-likeness (QED) is 0.519. The van der Waals surface area contributed by atoms with Gasteiger partial charge in [-0.25, -0.2) is 9.97 Å². The predicted molar refractivity (Wildman–Crippen MR) is 123 cm³/mol. The van der Waals surface area contributed by atoms with E-state index in [1.54, 1.807) is 13.2 Å². The summed E-state index contributed by atoms with van der Waals surface area (Å²) < 4.78 is 5.46. The third-order valence-electron chi connectivity index (χ3n) is 5.63. The molecule has 1 amide bonds. The van der Waals surface area contributed by atoms with Crippen molar-refractivity contribution in [3.8, 4) is 17.1 Å². The Labute approximate surface area is 186 Å². The number of likely N-dealkylation sites (tertiary alicyclic amines) is 1. The molecule has 0 radical (unpaired) electrons. The fourth-order valence-electron chi connectivity index (χ4n) is 3.73. The molecule has 0 unspecified atom stereocenters. The van der Waals surface area contributed by atoms with E-state index >= 15 is 0 Å². The zero-order valence-corrected chi connectivity index (χ0v) is 18.5. The second-order valence-electron chi connectivity index (χ2n) is 7.60. The third kappa shape index (κ3) is 4.91. The summed E-state index contributed by atoms with van der Waals surface area (Å²) in [6.07, 6.45) is 3.80. The average molecular weight is 443 g/mol. The molecule has 8 nitrogen and oxygen atoms in total. The van der Waals surface area contributed by atoms with Gasteiger partial charge in [0.25, 0.3) is 5.91 Å². The fourth-order valence-corrected chi connectivity index (χ4v) is 3.93. The summed E-state index contributed by atoms with van der Waals surface area (Å²) in [6, 6.07) is 7.78. The lowest BCUT2D eigenvalue weighted by molar-refractivity contribution is -0.122. The molecular weight excluding hydrogens is 416 g/mol. The molecule has 4 rings (SSSR count). The van der Waals surface area contributed by atoms with E-state index in [0.29, 0.717) is 28.3 Å². The maximum Gasteiger partial charge on any atom is 0.257 e. The number of benzene rings is 1. The maximum absolute atomic E-state index is 11.3. The highest BCUT2D eigenvalue weighted by atomic mass is 35.5. The second-order valence-corrected chi connectivity index (χ2v) is 8.01. The largest absolute Gasteiger partial charge is 0.484 e. The van der Waals surface area contributed by atoms with E-state index in [1.807, 2.05) is 24.3 Å². The normalized spacial score (nSPS) is 15.2. The zero-order chi connectivity index (χ0) is 21.8. The van der Waals surface area contributed by atoms with Gasteiger partial charge in [0.2, 0.25) is 0 Å². The summed E-state index contributed by atoms with van der Waals surface area (Å²) in [5, 5.41) is 6.70. The Balaban J connectivity index is 1.53. The predicted octanol–water partition coefficient (Wildman–Crippen LogP) is 3.30. The minimum absolute atomic E-state index is 0.0187. The van der Waals surface area contributed by atoms with Gasteiger partial charge in [-0.15, -0.1) is 0 Å². The number of pyridine rings is 1. The number of carbonyl (C=O) groups excluding carboxylic acids is 1. The van der Waals surface area contributed by atoms with Gasteiger partial charge in [-0.3, -0.25) is 4.79 Å². The van der Waals surface area contributed by atoms with Gasteiger partial charge in [-0.05, 0) is 43.7 Å². The van der Waals surface area contributed by atoms with Crippen LogP contribution in [0, 0.1) is 0 Å². The van der Waals surface area contributed by atoms with Crippen LogP contribution in [0.2, 0.25) is 5.02 Å². The molecule has 1 aliphatic heterocycles. The lowest BCUT2D eigenvalue weighted by atomic mass is 10.0. The molecule has 3 aromatic rings. The number of likely N-dealkylation sites (N-methyl/N-ethyl adjacent to an activating group) is 1. The van der Waals surface area contributed by atoms with Crippen LogP contribution in [0.4, 0.5) is 5.69 Å². The zero-order valence-electron chi connectivity index (χ0n) is 17.7. The number of aromatic nitrogens is 3. The van der Waals surface area contributed by atoms with Crippen LogP contribution in [-0.2, 0) is 4.79 Å². The number of halogens is 1. The molecule has 164 valence electrons. The first-order valence-electron chi connectivity index (χ1n) is 10.5. The third-order valence-corrected chi connectivity index (χ3v) is 5.91. The van der Waals surface area contributed by atoms with Crippen molar-refractivity contribution in [2.75, 3.05) is 38.6 Å². The van der Waals surface area contributed by atoms with Crippen molar-refractivity contribution < 1.29 is 9.53 Å². The summed E-state index contributed by atoms with van der Waals surface area (Å²) in [5.74, 6) is 1.14. The Morgan fingerprint density at radius 2 is 2.03 bits per heavy atom. The number of aromatic amines is 1. The Hall–Kier alpha value is -2.84. The summed E-state index contributed by atoms with van der Waals surface area (Å²) in [5.41, 5.74) is 3.14. The summed E-state index contributed by atoms with van der Waals surface area (Å²) in [7, 11) is 1.58. The Bertz CT molecular complexity index is 1040. The molecule has 0 bridgehead atoms. The van der Waals surface area contributed by atoms with Crippen molar-refractivity contribution >= 4 is 34.4 Å². The molecular formula is C22H27ClN6O2. The number of rotatable bonds is 7. The first kappa shape index (κ1) is 21.4. The molecule has 1 aromatic carbocycles. The van der Waals surface area contributed by atoms with E-state index in [4.69, 9.17) is 21.3 Å². The van der Waals surface area contributed by atoms with Gasteiger partial charge in [0.1, 0.15) is 17.1 Å². The van der Waals surface area contributed by atoms with Crippen molar-refractivity contribution in [3.05, 3.63) is 35.5 Å². The highest BCUT2D eigenvalue weighted by Gasteiger charge is 2.21. The molecule has 31 heavy (non-hydrogen) atoms. The van der Waals surface area contributed by atoms with Crippen LogP contribution in [0.5, 0.6) is 5.75 Å². The number of H-pyrrole nitrogens is 1. The van der Waals surface area contributed by atoms with Crippen molar-refractivity contribution in [1.82, 2.24) is 25.2 Å². The number of amides is 1. The van der Waals surface area contributed by atoms with Crippen LogP contribution >= 0.6 is 11.6 Å². The summed E-state index contributed by atoms with van der Waals surface area (Å²) >= 11 is 6.49. The van der Waals surface area contributed by atoms with E-state index in [0.717, 1.165) is 49.2 Å². The SMILES string of the molecule is CCN1CCC(Nc2c(Cl)cnc3[nH]c(-c4ccc(OCC(=O)NC)cc4)nc23)CC1. The first-order chi connectivity index (χ1) is 15.1. The summed E-state index contributed by atoms with van der Waals surface area (Å²) in [6.45, 7) is 5.43. The van der Waals surface area contributed by atoms with Gasteiger partial charge in [0.15, 0.2) is 12.3 Å². The van der Waals surface area contributed by atoms with Crippen molar-refractivity contribution in [3.63, 3.8) is 0 Å². The van der Waals surface area contributed by atoms with Gasteiger partial charge in [0.05, 0.1) is 16.9 Å². The van der Waals surface area contributed by atoms with Crippen LogP contribution in [0.25, 0.3) is 22.6 Å². The van der Waals surface area contributed by atoms with E-state index in [-0.39, 0.29) is 12.5 Å². The molecule has 9 heteroatoms. The standard InChI is InChI=1S/C22H27ClN6O2/c1-3-29-10-8-15(9-11-29)26-19-17(23)12-25-22-20(19)27-21(28-22)14-4-6-16(7-5-14)31-13-18(30)24-2/h4-7,12,15H,3,8-11,13H2,1-2H3,(H,24,30)(H2,25,26,27,28). The number of anilines is 1. The van der Waals surface area contributed by atoms with E-state index in [9.17, 15) is 4.79 Å². The van der Waals surface area contributed by atoms with Gasteiger partial charge in [-0.2, -0.15) is 0 Å². The highest BCUT2D eigenvalue weighted by molar-refractivity contribution is 6.34. The molecule has 1 aliphatic rings. The molecule has 0 saturated carbocycles. The van der Waals surface area contributed by atoms with Gasteiger partial charge >= 0.3 is 0 Å². The van der Waals surface area contributed by atoms with E-state index < -0.39 is 0 Å². The lowest BCUT2D eigenvalue weighted by Crippen LogP contribution is -2.38. The maximum atomic E-state index is 11.3. The van der Waals surface area contributed by atoms with Crippen LogP contribution in [0.3, 0.4) is 0 Å². The first-order valence-corrected chi connectivity index (χ1v) is 10.9. The smallest absolute Gasteiger partial charge is 0.257 e. The number of piperidine rings is 1. The second kappa shape index (κ2) is 9.53. The van der Waals surface area contributed by atoms with Gasteiger partial charge in [-0.1, -0.05) is 18.5 Å². The lowest BCUT2D eigenvalue weighted by Gasteiger charge is -2.32. The number of ether oxygens (including phenoxy) is 1. The molecule has 3 heterocycles. The van der Waals surface area contributed by atoms with Gasteiger partial charge in [0, 0.05) is 31.7 Å². The minimum Gasteiger partial charge on any atom is -0.484 e. The molecule has 1 saturated heterocycles. The van der Waals surface area contributed by atoms with Crippen molar-refractivity contribution in [2.45, 2.75) is 25.8 Å². The van der Waals surface area contributed by atoms with Crippen LogP contribution < -0.4 is 15.4 Å². The van der Waals surface area contributed by atoms with Crippen LogP contribution in [0.1, 0.15) is 19.8 Å². The number of hydrogen-bond donors (Lipinski definition) is 3. The van der Waals surface area contributed by atoms with E-state index in [1.165, 1.54) is 0 Å². The number of hydrogen-bond acceptors (Lipinski definition) is 6. The number of fused-ring (bicyclic) bond motifs is 1. The monoisotopic (exact) mass is 442 g/mol. The van der Waals surface area contributed by atoms with E-state index in [2.05, 4.69) is 32.4 Å². The van der Waals surface area contributed by atoms with Crippen molar-refractivity contribution in [2.24, 2.45) is 0 Å². The highest BCUT2D eigenvalue weighted by Crippen LogP contribution is 2.32. The van der Waals surface area contributed by atoms with Crippen molar-refractivity contribution in [1.29, 1.82) is 0 Å². The van der Waals surface area contributed by atoms with Gasteiger partial charge < -0.3 is 25.3 Å². The minimum atomic E-state index is -0.176. The fraction of sp³-hybridized carbons (Fsp3) is 0.409. The summed E-state index contributed by atoms with van der Waals surface area (Å²) in [4.78, 5) is 26.3. The number of carbonyl (C=O) groups is 1. The number of imidazole rings is 1. The molecule has 0 spiro atoms. The van der Waals surface area contributed by atoms with Crippen LogP contribution in [0.15, 0.2) is 30.5 Å². The molecule has 1 fully saturated rings. The molecule has 0 aliphatic carbocycles. The topological polar surface area (TPSA) is 95.2 Å². The Morgan fingerprint density at radius 3 is 2.71 bits per heavy atom. The number of nitrogens with zero attached hydrogens (tertiary/aromatic N) is 3. The molecule has 3 N–H and O–H groups in total. The Morgan fingerprint density at radius 1 is 1.29 bits per heavy atom. The average Bonchev–Trinajstić information content (AvgIpc) is 3.25.